The van der Waals surface area contributed by atoms with E-state index in [1.807, 2.05) is 38.1 Å². The lowest BCUT2D eigenvalue weighted by molar-refractivity contribution is 0.625. The second-order valence-corrected chi connectivity index (χ2v) is 7.52. The zero-order chi connectivity index (χ0) is 20.4. The lowest BCUT2D eigenvalue weighted by Crippen LogP contribution is -2.31. The first-order valence-electron chi connectivity index (χ1n) is 8.17. The number of nitrogens with zero attached hydrogens (tertiary/aromatic N) is 3. The van der Waals surface area contributed by atoms with Gasteiger partial charge >= 0.3 is 0 Å². The van der Waals surface area contributed by atoms with E-state index in [0.717, 1.165) is 22.5 Å². The molecule has 3 rings (SSSR count). The summed E-state index contributed by atoms with van der Waals surface area (Å²) in [6.45, 7) is 3.77. The minimum absolute atomic E-state index is 0.0808. The molecule has 28 heavy (non-hydrogen) atoms. The van der Waals surface area contributed by atoms with Crippen LogP contribution in [-0.4, -0.2) is 4.57 Å². The molecule has 2 aromatic carbocycles. The summed E-state index contributed by atoms with van der Waals surface area (Å²) in [6, 6.07) is 13.4. The van der Waals surface area contributed by atoms with Crippen molar-refractivity contribution in [3.63, 3.8) is 0 Å². The van der Waals surface area contributed by atoms with Gasteiger partial charge in [-0.3, -0.25) is 9.36 Å². The third-order valence-electron chi connectivity index (χ3n) is 4.13. The predicted octanol–water partition coefficient (Wildman–Crippen LogP) is 3.34. The van der Waals surface area contributed by atoms with E-state index in [9.17, 15) is 19.7 Å². The van der Waals surface area contributed by atoms with E-state index in [-0.39, 0.29) is 25.4 Å². The van der Waals surface area contributed by atoms with Crippen LogP contribution in [0.4, 0.5) is 4.39 Å². The highest BCUT2D eigenvalue weighted by Crippen LogP contribution is 2.19. The van der Waals surface area contributed by atoms with Crippen molar-refractivity contribution in [1.29, 1.82) is 10.5 Å². The van der Waals surface area contributed by atoms with Crippen molar-refractivity contribution in [2.75, 3.05) is 0 Å². The molecule has 0 saturated carbocycles. The van der Waals surface area contributed by atoms with Crippen LogP contribution in [0.5, 0.6) is 0 Å². The number of hydrogen-bond acceptors (Lipinski definition) is 4. The lowest BCUT2D eigenvalue weighted by atomic mass is 10.1. The van der Waals surface area contributed by atoms with Crippen LogP contribution < -0.4 is 14.8 Å². The molecule has 0 fully saturated rings. The Morgan fingerprint density at radius 3 is 2.54 bits per heavy atom. The normalized spacial score (nSPS) is 11.1. The van der Waals surface area contributed by atoms with Gasteiger partial charge in [0.2, 0.25) is 0 Å². The van der Waals surface area contributed by atoms with Gasteiger partial charge in [0.15, 0.2) is 5.57 Å². The van der Waals surface area contributed by atoms with Crippen LogP contribution in [0, 0.1) is 42.3 Å². The summed E-state index contributed by atoms with van der Waals surface area (Å²) in [4.78, 5) is 13.1. The largest absolute Gasteiger partial charge is 0.273 e. The number of halogens is 2. The van der Waals surface area contributed by atoms with Crippen molar-refractivity contribution < 1.29 is 4.39 Å². The molecule has 138 valence electrons. The number of rotatable bonds is 2. The molecular weight excluding hydrogens is 397 g/mol. The van der Waals surface area contributed by atoms with Crippen LogP contribution in [-0.2, 0) is 0 Å². The van der Waals surface area contributed by atoms with Gasteiger partial charge in [0.05, 0.1) is 15.2 Å². The predicted molar refractivity (Wildman–Crippen MR) is 108 cm³/mol. The fraction of sp³-hybridized carbons (Fsp3) is 0.0952. The average Bonchev–Trinajstić information content (AvgIpc) is 2.96. The van der Waals surface area contributed by atoms with Gasteiger partial charge in [-0.25, -0.2) is 4.39 Å². The average molecular weight is 410 g/mol. The number of hydrogen-bond donors (Lipinski definition) is 0. The van der Waals surface area contributed by atoms with Crippen LogP contribution in [0.25, 0.3) is 17.3 Å². The summed E-state index contributed by atoms with van der Waals surface area (Å²) in [6.07, 6.45) is 1.35. The molecule has 0 atom stereocenters. The Morgan fingerprint density at radius 1 is 1.21 bits per heavy atom. The van der Waals surface area contributed by atoms with E-state index < -0.39 is 11.4 Å². The lowest BCUT2D eigenvalue weighted by Gasteiger charge is -2.07. The highest BCUT2D eigenvalue weighted by atomic mass is 35.5. The van der Waals surface area contributed by atoms with Gasteiger partial charge in [-0.2, -0.15) is 10.5 Å². The van der Waals surface area contributed by atoms with E-state index in [1.165, 1.54) is 28.8 Å². The quantitative estimate of drug-likeness (QED) is 0.651. The number of thiazole rings is 1. The van der Waals surface area contributed by atoms with Gasteiger partial charge in [0.1, 0.15) is 22.6 Å². The maximum atomic E-state index is 14.2. The molecule has 1 heterocycles. The van der Waals surface area contributed by atoms with Gasteiger partial charge in [0, 0.05) is 5.56 Å². The van der Waals surface area contributed by atoms with Crippen molar-refractivity contribution >= 4 is 34.6 Å². The fourth-order valence-electron chi connectivity index (χ4n) is 2.83. The van der Waals surface area contributed by atoms with E-state index >= 15 is 0 Å². The highest BCUT2D eigenvalue weighted by molar-refractivity contribution is 7.07. The molecule has 7 heteroatoms. The molecule has 1 aromatic heterocycles. The fourth-order valence-corrected chi connectivity index (χ4v) is 4.07. The summed E-state index contributed by atoms with van der Waals surface area (Å²) in [5.74, 6) is -0.565. The number of aromatic nitrogens is 1. The standard InChI is InChI=1S/C21H13ClFN3OS/c1-12-6-7-18(13(2)8-12)26-20(27)19(28-21(26)14(10-24)11-25)9-15-16(22)4-3-5-17(15)23/h3-9H,1-2H3. The molecule has 0 aliphatic rings. The van der Waals surface area contributed by atoms with Crippen LogP contribution in [0.15, 0.2) is 41.2 Å². The van der Waals surface area contributed by atoms with E-state index in [4.69, 9.17) is 11.6 Å². The molecular formula is C21H13ClFN3OS. The van der Waals surface area contributed by atoms with Crippen molar-refractivity contribution in [2.24, 2.45) is 0 Å². The first-order chi connectivity index (χ1) is 13.4. The second-order valence-electron chi connectivity index (χ2n) is 6.08. The number of nitriles is 2. The Balaban J connectivity index is 2.47. The molecule has 0 N–H and O–H groups in total. The summed E-state index contributed by atoms with van der Waals surface area (Å²) < 4.78 is 15.9. The monoisotopic (exact) mass is 409 g/mol. The Morgan fingerprint density at radius 2 is 1.93 bits per heavy atom. The summed E-state index contributed by atoms with van der Waals surface area (Å²) in [5.41, 5.74) is 1.82. The molecule has 0 unspecified atom stereocenters. The number of aryl methyl sites for hydroxylation is 2. The zero-order valence-electron chi connectivity index (χ0n) is 15.0. The van der Waals surface area contributed by atoms with E-state index in [1.54, 1.807) is 6.07 Å². The Labute approximate surface area is 169 Å². The summed E-state index contributed by atoms with van der Waals surface area (Å²) >= 11 is 7.02. The summed E-state index contributed by atoms with van der Waals surface area (Å²) in [7, 11) is 0. The van der Waals surface area contributed by atoms with Crippen molar-refractivity contribution in [2.45, 2.75) is 13.8 Å². The van der Waals surface area contributed by atoms with Gasteiger partial charge in [-0.05, 0) is 43.7 Å². The molecule has 0 saturated heterocycles. The maximum Gasteiger partial charge on any atom is 0.273 e. The molecule has 0 aliphatic heterocycles. The van der Waals surface area contributed by atoms with Gasteiger partial charge in [-0.15, -0.1) is 11.3 Å². The van der Waals surface area contributed by atoms with Crippen molar-refractivity contribution in [3.8, 4) is 17.8 Å². The third-order valence-corrected chi connectivity index (χ3v) is 5.55. The van der Waals surface area contributed by atoms with Crippen molar-refractivity contribution in [1.82, 2.24) is 4.57 Å². The Kier molecular flexibility index (Phi) is 5.46. The van der Waals surface area contributed by atoms with E-state index in [0.29, 0.717) is 5.69 Å². The maximum absolute atomic E-state index is 14.2. The smallest absolute Gasteiger partial charge is 0.267 e. The van der Waals surface area contributed by atoms with Crippen molar-refractivity contribution in [3.05, 3.63) is 83.5 Å². The van der Waals surface area contributed by atoms with Crippen LogP contribution in [0.1, 0.15) is 16.7 Å². The van der Waals surface area contributed by atoms with Crippen LogP contribution in [0.3, 0.4) is 0 Å². The molecule has 0 aliphatic carbocycles. The first-order valence-corrected chi connectivity index (χ1v) is 9.36. The van der Waals surface area contributed by atoms with Crippen LogP contribution in [0.2, 0.25) is 5.02 Å². The highest BCUT2D eigenvalue weighted by Gasteiger charge is 2.14. The third kappa shape index (κ3) is 3.48. The molecule has 3 aromatic rings. The molecule has 0 amide bonds. The van der Waals surface area contributed by atoms with Gasteiger partial charge in [-0.1, -0.05) is 35.4 Å². The summed E-state index contributed by atoms with van der Waals surface area (Å²) in [5, 5.41) is 18.8. The minimum atomic E-state index is -0.565. The molecule has 0 radical (unpaired) electrons. The Hall–Kier alpha value is -3.19. The zero-order valence-corrected chi connectivity index (χ0v) is 16.5. The van der Waals surface area contributed by atoms with E-state index in [2.05, 4.69) is 0 Å². The minimum Gasteiger partial charge on any atom is -0.267 e. The number of benzene rings is 2. The van der Waals surface area contributed by atoms with Crippen LogP contribution >= 0.6 is 22.9 Å². The molecule has 0 spiro atoms. The Bertz CT molecular complexity index is 1320. The SMILES string of the molecule is Cc1ccc(-n2c(=C(C#N)C#N)sc(=Cc3c(F)cccc3Cl)c2=O)c(C)c1. The van der Waals surface area contributed by atoms with Gasteiger partial charge in [0.25, 0.3) is 5.56 Å². The molecule has 0 bridgehead atoms. The molecule has 4 nitrogen and oxygen atoms in total. The first kappa shape index (κ1) is 19.6. The van der Waals surface area contributed by atoms with Gasteiger partial charge < -0.3 is 0 Å². The topological polar surface area (TPSA) is 69.6 Å². The second kappa shape index (κ2) is 7.82.